The Morgan fingerprint density at radius 1 is 1.19 bits per heavy atom. The lowest BCUT2D eigenvalue weighted by Gasteiger charge is -2.05. The Kier molecular flexibility index (Phi) is 6.46. The first-order valence-corrected chi connectivity index (χ1v) is 8.86. The molecule has 1 N–H and O–H groups in total. The van der Waals surface area contributed by atoms with Crippen LogP contribution in [0.2, 0.25) is 0 Å². The van der Waals surface area contributed by atoms with Gasteiger partial charge in [-0.15, -0.1) is 11.3 Å². The van der Waals surface area contributed by atoms with Crippen LogP contribution in [0, 0.1) is 6.92 Å². The van der Waals surface area contributed by atoms with Crippen molar-refractivity contribution in [3.8, 4) is 0 Å². The molecular weight excluding hydrogens is 346 g/mol. The van der Waals surface area contributed by atoms with E-state index in [0.717, 1.165) is 23.7 Å². The molecule has 4 heteroatoms. The molecule has 0 bridgehead atoms. The number of benzene rings is 1. The number of carbonyl (C=O) groups is 1. The van der Waals surface area contributed by atoms with Gasteiger partial charge in [0.2, 0.25) is 5.91 Å². The summed E-state index contributed by atoms with van der Waals surface area (Å²) in [6.45, 7) is 2.74. The van der Waals surface area contributed by atoms with E-state index in [0.29, 0.717) is 13.0 Å². The first-order chi connectivity index (χ1) is 10.1. The fourth-order valence-electron chi connectivity index (χ4n) is 2.12. The van der Waals surface area contributed by atoms with Gasteiger partial charge in [0.1, 0.15) is 0 Å². The standard InChI is InChI=1S/C17H20BrNOS/c1-13-10-11-21-16(13)12-19-17(20)5-3-2-4-14-6-8-15(18)9-7-14/h6-11H,2-5,12H2,1H3,(H,19,20). The van der Waals surface area contributed by atoms with Crippen LogP contribution < -0.4 is 5.32 Å². The summed E-state index contributed by atoms with van der Waals surface area (Å²) in [6, 6.07) is 10.5. The number of amides is 1. The molecule has 0 aliphatic carbocycles. The van der Waals surface area contributed by atoms with Crippen molar-refractivity contribution in [2.24, 2.45) is 0 Å². The highest BCUT2D eigenvalue weighted by Gasteiger charge is 2.04. The molecule has 0 fully saturated rings. The van der Waals surface area contributed by atoms with Crippen LogP contribution in [0.4, 0.5) is 0 Å². The van der Waals surface area contributed by atoms with Crippen LogP contribution in [0.5, 0.6) is 0 Å². The number of rotatable bonds is 7. The zero-order valence-corrected chi connectivity index (χ0v) is 14.6. The maximum absolute atomic E-state index is 11.8. The van der Waals surface area contributed by atoms with E-state index in [4.69, 9.17) is 0 Å². The zero-order valence-electron chi connectivity index (χ0n) is 12.2. The Balaban J connectivity index is 1.61. The molecule has 2 rings (SSSR count). The lowest BCUT2D eigenvalue weighted by Crippen LogP contribution is -2.22. The summed E-state index contributed by atoms with van der Waals surface area (Å²) >= 11 is 5.13. The van der Waals surface area contributed by atoms with Gasteiger partial charge in [-0.2, -0.15) is 0 Å². The molecule has 1 aromatic heterocycles. The average Bonchev–Trinajstić information content (AvgIpc) is 2.89. The summed E-state index contributed by atoms with van der Waals surface area (Å²) in [5, 5.41) is 5.06. The quantitative estimate of drug-likeness (QED) is 0.698. The van der Waals surface area contributed by atoms with Crippen LogP contribution in [-0.4, -0.2) is 5.91 Å². The molecule has 2 nitrogen and oxygen atoms in total. The lowest BCUT2D eigenvalue weighted by atomic mass is 10.1. The van der Waals surface area contributed by atoms with E-state index in [2.05, 4.69) is 63.9 Å². The van der Waals surface area contributed by atoms with Crippen molar-refractivity contribution in [1.29, 1.82) is 0 Å². The molecule has 0 saturated heterocycles. The molecule has 0 aliphatic heterocycles. The number of unbranched alkanes of at least 4 members (excludes halogenated alkanes) is 1. The van der Waals surface area contributed by atoms with E-state index >= 15 is 0 Å². The molecule has 1 amide bonds. The van der Waals surface area contributed by atoms with Gasteiger partial charge in [-0.25, -0.2) is 0 Å². The molecule has 1 heterocycles. The molecular formula is C17H20BrNOS. The summed E-state index contributed by atoms with van der Waals surface area (Å²) in [5.74, 6) is 0.151. The molecule has 21 heavy (non-hydrogen) atoms. The molecule has 1 aromatic carbocycles. The topological polar surface area (TPSA) is 29.1 Å². The van der Waals surface area contributed by atoms with Gasteiger partial charge < -0.3 is 5.32 Å². The fourth-order valence-corrected chi connectivity index (χ4v) is 3.23. The van der Waals surface area contributed by atoms with E-state index in [1.165, 1.54) is 16.0 Å². The van der Waals surface area contributed by atoms with Gasteiger partial charge >= 0.3 is 0 Å². The Morgan fingerprint density at radius 3 is 2.62 bits per heavy atom. The Labute approximate surface area is 138 Å². The first kappa shape index (κ1) is 16.2. The van der Waals surface area contributed by atoms with Crippen LogP contribution in [-0.2, 0) is 17.8 Å². The third kappa shape index (κ3) is 5.64. The predicted molar refractivity (Wildman–Crippen MR) is 92.6 cm³/mol. The van der Waals surface area contributed by atoms with Crippen molar-refractivity contribution < 1.29 is 4.79 Å². The first-order valence-electron chi connectivity index (χ1n) is 7.19. The average molecular weight is 366 g/mol. The van der Waals surface area contributed by atoms with E-state index in [-0.39, 0.29) is 5.91 Å². The summed E-state index contributed by atoms with van der Waals surface area (Å²) in [7, 11) is 0. The van der Waals surface area contributed by atoms with Crippen molar-refractivity contribution >= 4 is 33.2 Å². The highest BCUT2D eigenvalue weighted by atomic mass is 79.9. The van der Waals surface area contributed by atoms with Crippen molar-refractivity contribution in [1.82, 2.24) is 5.32 Å². The minimum Gasteiger partial charge on any atom is -0.351 e. The van der Waals surface area contributed by atoms with Crippen molar-refractivity contribution in [3.63, 3.8) is 0 Å². The smallest absolute Gasteiger partial charge is 0.220 e. The highest BCUT2D eigenvalue weighted by molar-refractivity contribution is 9.10. The Hall–Kier alpha value is -1.13. The molecule has 2 aromatic rings. The third-order valence-corrected chi connectivity index (χ3v) is 5.00. The van der Waals surface area contributed by atoms with Gasteiger partial charge in [0.05, 0.1) is 6.54 Å². The number of hydrogen-bond acceptors (Lipinski definition) is 2. The predicted octanol–water partition coefficient (Wildman–Crippen LogP) is 4.85. The molecule has 0 atom stereocenters. The minimum absolute atomic E-state index is 0.151. The molecule has 0 spiro atoms. The van der Waals surface area contributed by atoms with E-state index in [1.807, 2.05) is 0 Å². The summed E-state index contributed by atoms with van der Waals surface area (Å²) < 4.78 is 1.11. The van der Waals surface area contributed by atoms with Crippen molar-refractivity contribution in [2.75, 3.05) is 0 Å². The molecule has 0 aliphatic rings. The normalized spacial score (nSPS) is 10.6. The highest BCUT2D eigenvalue weighted by Crippen LogP contribution is 2.15. The Bertz CT molecular complexity index is 577. The number of carbonyl (C=O) groups excluding carboxylic acids is 1. The fraction of sp³-hybridized carbons (Fsp3) is 0.353. The summed E-state index contributed by atoms with van der Waals surface area (Å²) in [5.41, 5.74) is 2.59. The Morgan fingerprint density at radius 2 is 1.95 bits per heavy atom. The number of halogens is 1. The number of nitrogens with one attached hydrogen (secondary N) is 1. The third-order valence-electron chi connectivity index (χ3n) is 3.45. The van der Waals surface area contributed by atoms with Gasteiger partial charge in [-0.3, -0.25) is 4.79 Å². The lowest BCUT2D eigenvalue weighted by molar-refractivity contribution is -0.121. The van der Waals surface area contributed by atoms with Crippen LogP contribution in [0.15, 0.2) is 40.2 Å². The second kappa shape index (κ2) is 8.35. The number of hydrogen-bond donors (Lipinski definition) is 1. The largest absolute Gasteiger partial charge is 0.351 e. The zero-order chi connectivity index (χ0) is 15.1. The molecule has 0 unspecified atom stereocenters. The number of thiophene rings is 1. The van der Waals surface area contributed by atoms with Gasteiger partial charge in [-0.05, 0) is 60.9 Å². The van der Waals surface area contributed by atoms with E-state index in [1.54, 1.807) is 11.3 Å². The van der Waals surface area contributed by atoms with Gasteiger partial charge in [-0.1, -0.05) is 28.1 Å². The van der Waals surface area contributed by atoms with Crippen LogP contribution in [0.1, 0.15) is 35.3 Å². The maximum Gasteiger partial charge on any atom is 0.220 e. The van der Waals surface area contributed by atoms with Gasteiger partial charge in [0.25, 0.3) is 0 Å². The van der Waals surface area contributed by atoms with Crippen LogP contribution in [0.3, 0.4) is 0 Å². The van der Waals surface area contributed by atoms with E-state index < -0.39 is 0 Å². The molecule has 112 valence electrons. The maximum atomic E-state index is 11.8. The van der Waals surface area contributed by atoms with Gasteiger partial charge in [0, 0.05) is 15.8 Å². The second-order valence-electron chi connectivity index (χ2n) is 5.14. The summed E-state index contributed by atoms with van der Waals surface area (Å²) in [4.78, 5) is 13.0. The van der Waals surface area contributed by atoms with E-state index in [9.17, 15) is 4.79 Å². The van der Waals surface area contributed by atoms with Crippen LogP contribution in [0.25, 0.3) is 0 Å². The van der Waals surface area contributed by atoms with Crippen molar-refractivity contribution in [2.45, 2.75) is 39.2 Å². The monoisotopic (exact) mass is 365 g/mol. The summed E-state index contributed by atoms with van der Waals surface area (Å²) in [6.07, 6.45) is 3.63. The van der Waals surface area contributed by atoms with Gasteiger partial charge in [0.15, 0.2) is 0 Å². The molecule has 0 radical (unpaired) electrons. The minimum atomic E-state index is 0.151. The van der Waals surface area contributed by atoms with Crippen LogP contribution >= 0.6 is 27.3 Å². The number of aryl methyl sites for hydroxylation is 2. The second-order valence-corrected chi connectivity index (χ2v) is 7.05. The molecule has 0 saturated carbocycles. The SMILES string of the molecule is Cc1ccsc1CNC(=O)CCCCc1ccc(Br)cc1. The van der Waals surface area contributed by atoms with Crippen molar-refractivity contribution in [3.05, 3.63) is 56.2 Å².